The van der Waals surface area contributed by atoms with Gasteiger partial charge in [0.1, 0.15) is 5.69 Å². The highest BCUT2D eigenvalue weighted by Crippen LogP contribution is 2.02. The molecule has 2 aromatic rings. The van der Waals surface area contributed by atoms with Gasteiger partial charge in [-0.15, -0.1) is 11.3 Å². The Balaban J connectivity index is 1.90. The molecule has 0 fully saturated rings. The van der Waals surface area contributed by atoms with Gasteiger partial charge in [-0.25, -0.2) is 4.98 Å². The largest absolute Gasteiger partial charge is 0.472 e. The molecule has 0 saturated heterocycles. The molecule has 72 valence electrons. The molecule has 1 N–H and O–H groups in total. The van der Waals surface area contributed by atoms with Gasteiger partial charge < -0.3 is 9.73 Å². The minimum Gasteiger partial charge on any atom is -0.472 e. The van der Waals surface area contributed by atoms with Crippen LogP contribution in [-0.2, 0) is 6.54 Å². The number of hydrogen-bond acceptors (Lipinski definition) is 4. The third-order valence-corrected chi connectivity index (χ3v) is 2.28. The van der Waals surface area contributed by atoms with Crippen LogP contribution in [0.4, 0.5) is 0 Å². The van der Waals surface area contributed by atoms with E-state index in [-0.39, 0.29) is 5.91 Å². The van der Waals surface area contributed by atoms with Crippen molar-refractivity contribution < 1.29 is 9.21 Å². The first-order valence-electron chi connectivity index (χ1n) is 4.04. The average Bonchev–Trinajstić information content (AvgIpc) is 2.87. The zero-order valence-corrected chi connectivity index (χ0v) is 8.08. The molecule has 0 radical (unpaired) electrons. The fraction of sp³-hybridized carbons (Fsp3) is 0.111. The molecule has 4 nitrogen and oxygen atoms in total. The topological polar surface area (TPSA) is 55.1 Å². The lowest BCUT2D eigenvalue weighted by atomic mass is 10.3. The molecule has 5 heteroatoms. The first kappa shape index (κ1) is 8.96. The number of thiazole rings is 1. The Bertz CT molecular complexity index is 394. The van der Waals surface area contributed by atoms with E-state index in [1.165, 1.54) is 11.3 Å². The smallest absolute Gasteiger partial charge is 0.271 e. The van der Waals surface area contributed by atoms with Crippen LogP contribution < -0.4 is 5.32 Å². The summed E-state index contributed by atoms with van der Waals surface area (Å²) >= 11 is 1.40. The van der Waals surface area contributed by atoms with Crippen LogP contribution in [0.15, 0.2) is 33.9 Å². The monoisotopic (exact) mass is 208 g/mol. The number of carbonyl (C=O) groups excluding carboxylic acids is 1. The van der Waals surface area contributed by atoms with Gasteiger partial charge >= 0.3 is 0 Å². The fourth-order valence-electron chi connectivity index (χ4n) is 0.991. The summed E-state index contributed by atoms with van der Waals surface area (Å²) in [6, 6.07) is 1.81. The zero-order valence-electron chi connectivity index (χ0n) is 7.27. The molecule has 0 aliphatic carbocycles. The standard InChI is InChI=1S/C9H8N2O2S/c12-9(8-5-14-6-11-8)10-3-7-1-2-13-4-7/h1-2,4-6H,3H2,(H,10,12). The second-order valence-corrected chi connectivity index (χ2v) is 3.41. The summed E-state index contributed by atoms with van der Waals surface area (Å²) in [5.41, 5.74) is 3.03. The third-order valence-electron chi connectivity index (χ3n) is 1.70. The number of carbonyl (C=O) groups is 1. The first-order chi connectivity index (χ1) is 6.86. The van der Waals surface area contributed by atoms with Crippen LogP contribution in [0.25, 0.3) is 0 Å². The Morgan fingerprint density at radius 3 is 3.21 bits per heavy atom. The molecular weight excluding hydrogens is 200 g/mol. The van der Waals surface area contributed by atoms with Crippen molar-refractivity contribution in [3.05, 3.63) is 40.7 Å². The maximum Gasteiger partial charge on any atom is 0.271 e. The van der Waals surface area contributed by atoms with Crippen LogP contribution in [0.2, 0.25) is 0 Å². The molecule has 14 heavy (non-hydrogen) atoms. The van der Waals surface area contributed by atoms with Gasteiger partial charge in [-0.2, -0.15) is 0 Å². The van der Waals surface area contributed by atoms with Crippen LogP contribution in [0.3, 0.4) is 0 Å². The lowest BCUT2D eigenvalue weighted by molar-refractivity contribution is 0.0946. The maximum absolute atomic E-state index is 11.4. The van der Waals surface area contributed by atoms with Gasteiger partial charge in [0.05, 0.1) is 18.0 Å². The minimum absolute atomic E-state index is 0.160. The van der Waals surface area contributed by atoms with Gasteiger partial charge in [0.25, 0.3) is 5.91 Å². The molecule has 0 atom stereocenters. The van der Waals surface area contributed by atoms with Crippen molar-refractivity contribution in [1.82, 2.24) is 10.3 Å². The highest BCUT2D eigenvalue weighted by atomic mass is 32.1. The van der Waals surface area contributed by atoms with E-state index in [0.29, 0.717) is 12.2 Å². The number of nitrogens with zero attached hydrogens (tertiary/aromatic N) is 1. The Morgan fingerprint density at radius 2 is 2.57 bits per heavy atom. The molecule has 0 aliphatic rings. The van der Waals surface area contributed by atoms with Crippen molar-refractivity contribution in [3.8, 4) is 0 Å². The van der Waals surface area contributed by atoms with Crippen molar-refractivity contribution >= 4 is 17.2 Å². The maximum atomic E-state index is 11.4. The summed E-state index contributed by atoms with van der Waals surface area (Å²) in [7, 11) is 0. The van der Waals surface area contributed by atoms with E-state index in [2.05, 4.69) is 10.3 Å². The minimum atomic E-state index is -0.160. The molecular formula is C9H8N2O2S. The van der Waals surface area contributed by atoms with Crippen molar-refractivity contribution in [3.63, 3.8) is 0 Å². The Hall–Kier alpha value is -1.62. The van der Waals surface area contributed by atoms with Crippen molar-refractivity contribution in [2.45, 2.75) is 6.54 Å². The van der Waals surface area contributed by atoms with Gasteiger partial charge in [-0.3, -0.25) is 4.79 Å². The second kappa shape index (κ2) is 4.06. The van der Waals surface area contributed by atoms with Gasteiger partial charge in [-0.05, 0) is 6.07 Å². The molecule has 0 aliphatic heterocycles. The Kier molecular flexibility index (Phi) is 2.60. The number of nitrogens with one attached hydrogen (secondary N) is 1. The highest BCUT2D eigenvalue weighted by molar-refractivity contribution is 7.07. The van der Waals surface area contributed by atoms with Crippen LogP contribution in [0, 0.1) is 0 Å². The number of amides is 1. The molecule has 0 aromatic carbocycles. The molecule has 0 saturated carbocycles. The number of rotatable bonds is 3. The van der Waals surface area contributed by atoms with Crippen LogP contribution in [-0.4, -0.2) is 10.9 Å². The summed E-state index contributed by atoms with van der Waals surface area (Å²) in [6.45, 7) is 0.465. The van der Waals surface area contributed by atoms with Crippen LogP contribution >= 0.6 is 11.3 Å². The van der Waals surface area contributed by atoms with E-state index < -0.39 is 0 Å². The molecule has 0 spiro atoms. The molecule has 2 aromatic heterocycles. The molecule has 1 amide bonds. The fourth-order valence-corrected chi connectivity index (χ4v) is 1.52. The lowest BCUT2D eigenvalue weighted by Crippen LogP contribution is -2.22. The van der Waals surface area contributed by atoms with Gasteiger partial charge in [0.2, 0.25) is 0 Å². The third kappa shape index (κ3) is 2.00. The summed E-state index contributed by atoms with van der Waals surface area (Å²) in [5, 5.41) is 4.45. The van der Waals surface area contributed by atoms with Crippen molar-refractivity contribution in [1.29, 1.82) is 0 Å². The van der Waals surface area contributed by atoms with E-state index >= 15 is 0 Å². The quantitative estimate of drug-likeness (QED) is 0.834. The van der Waals surface area contributed by atoms with Gasteiger partial charge in [0.15, 0.2) is 0 Å². The van der Waals surface area contributed by atoms with Crippen LogP contribution in [0.5, 0.6) is 0 Å². The van der Waals surface area contributed by atoms with Crippen LogP contribution in [0.1, 0.15) is 16.1 Å². The highest BCUT2D eigenvalue weighted by Gasteiger charge is 2.06. The summed E-state index contributed by atoms with van der Waals surface area (Å²) < 4.78 is 4.87. The molecule has 0 bridgehead atoms. The molecule has 2 rings (SSSR count). The predicted molar refractivity (Wildman–Crippen MR) is 52.0 cm³/mol. The summed E-state index contributed by atoms with van der Waals surface area (Å²) in [6.07, 6.45) is 3.17. The number of furan rings is 1. The average molecular weight is 208 g/mol. The Morgan fingerprint density at radius 1 is 1.64 bits per heavy atom. The normalized spacial score (nSPS) is 10.0. The first-order valence-corrected chi connectivity index (χ1v) is 4.98. The summed E-state index contributed by atoms with van der Waals surface area (Å²) in [5.74, 6) is -0.160. The van der Waals surface area contributed by atoms with E-state index in [1.807, 2.05) is 0 Å². The van der Waals surface area contributed by atoms with Gasteiger partial charge in [-0.1, -0.05) is 0 Å². The Labute approximate surface area is 84.6 Å². The van der Waals surface area contributed by atoms with Gasteiger partial charge in [0, 0.05) is 17.5 Å². The van der Waals surface area contributed by atoms with E-state index in [1.54, 1.807) is 29.5 Å². The number of aromatic nitrogens is 1. The lowest BCUT2D eigenvalue weighted by Gasteiger charge is -1.99. The summed E-state index contributed by atoms with van der Waals surface area (Å²) in [4.78, 5) is 15.3. The molecule has 2 heterocycles. The molecule has 0 unspecified atom stereocenters. The van der Waals surface area contributed by atoms with Crippen molar-refractivity contribution in [2.24, 2.45) is 0 Å². The zero-order chi connectivity index (χ0) is 9.80. The SMILES string of the molecule is O=C(NCc1ccoc1)c1cscn1. The van der Waals surface area contributed by atoms with Crippen molar-refractivity contribution in [2.75, 3.05) is 0 Å². The predicted octanol–water partition coefficient (Wildman–Crippen LogP) is 1.67. The van der Waals surface area contributed by atoms with E-state index in [4.69, 9.17) is 4.42 Å². The van der Waals surface area contributed by atoms with E-state index in [9.17, 15) is 4.79 Å². The second-order valence-electron chi connectivity index (χ2n) is 2.69. The number of hydrogen-bond donors (Lipinski definition) is 1. The van der Waals surface area contributed by atoms with E-state index in [0.717, 1.165) is 5.56 Å².